The summed E-state index contributed by atoms with van der Waals surface area (Å²) in [5.74, 6) is 0.116. The lowest BCUT2D eigenvalue weighted by Gasteiger charge is -2.29. The van der Waals surface area contributed by atoms with Crippen molar-refractivity contribution < 1.29 is 9.59 Å². The minimum absolute atomic E-state index is 0.00335. The van der Waals surface area contributed by atoms with Gasteiger partial charge < -0.3 is 16.0 Å². The van der Waals surface area contributed by atoms with E-state index in [1.807, 2.05) is 26.0 Å². The van der Waals surface area contributed by atoms with E-state index in [-0.39, 0.29) is 29.9 Å². The summed E-state index contributed by atoms with van der Waals surface area (Å²) in [5.41, 5.74) is 1.28. The molecule has 1 aliphatic carbocycles. The van der Waals surface area contributed by atoms with Crippen LogP contribution in [-0.2, 0) is 11.2 Å². The highest BCUT2D eigenvalue weighted by molar-refractivity contribution is 7.17. The van der Waals surface area contributed by atoms with Crippen LogP contribution in [0.3, 0.4) is 0 Å². The van der Waals surface area contributed by atoms with Gasteiger partial charge in [0.2, 0.25) is 5.91 Å². The van der Waals surface area contributed by atoms with Crippen LogP contribution < -0.4 is 16.0 Å². The molecule has 146 valence electrons. The molecular weight excluding hydrogens is 358 g/mol. The highest BCUT2D eigenvalue weighted by atomic mass is 32.1. The number of urea groups is 1. The second kappa shape index (κ2) is 9.22. The molecule has 1 heterocycles. The van der Waals surface area contributed by atoms with Crippen molar-refractivity contribution in [1.82, 2.24) is 16.0 Å². The Morgan fingerprint density at radius 3 is 2.85 bits per heavy atom. The lowest BCUT2D eigenvalue weighted by atomic mass is 9.85. The van der Waals surface area contributed by atoms with Crippen LogP contribution in [0.25, 0.3) is 10.1 Å². The molecule has 5 nitrogen and oxygen atoms in total. The van der Waals surface area contributed by atoms with Crippen LogP contribution in [0, 0.1) is 5.92 Å². The first kappa shape index (κ1) is 19.7. The van der Waals surface area contributed by atoms with Gasteiger partial charge >= 0.3 is 6.03 Å². The lowest BCUT2D eigenvalue weighted by molar-refractivity contribution is -0.126. The van der Waals surface area contributed by atoms with Crippen molar-refractivity contribution in [3.63, 3.8) is 0 Å². The molecule has 1 fully saturated rings. The van der Waals surface area contributed by atoms with E-state index in [0.29, 0.717) is 6.54 Å². The molecule has 3 amide bonds. The van der Waals surface area contributed by atoms with Crippen molar-refractivity contribution in [2.75, 3.05) is 6.54 Å². The van der Waals surface area contributed by atoms with Crippen molar-refractivity contribution >= 4 is 33.4 Å². The van der Waals surface area contributed by atoms with E-state index in [2.05, 4.69) is 33.5 Å². The van der Waals surface area contributed by atoms with Crippen molar-refractivity contribution in [2.45, 2.75) is 58.0 Å². The van der Waals surface area contributed by atoms with E-state index in [0.717, 1.165) is 32.1 Å². The molecule has 0 saturated heterocycles. The Kier molecular flexibility index (Phi) is 6.72. The summed E-state index contributed by atoms with van der Waals surface area (Å²) in [6.45, 7) is 4.55. The van der Waals surface area contributed by atoms with E-state index >= 15 is 0 Å². The van der Waals surface area contributed by atoms with Crippen LogP contribution in [0.1, 0.15) is 45.1 Å². The van der Waals surface area contributed by atoms with Gasteiger partial charge in [0.15, 0.2) is 0 Å². The van der Waals surface area contributed by atoms with Gasteiger partial charge in [-0.05, 0) is 61.9 Å². The SMILES string of the molecule is CC(C)NC(=O)C1CCCC(NC(=O)NCCc2csc3ccccc23)C1. The fourth-order valence-corrected chi connectivity index (χ4v) is 4.73. The van der Waals surface area contributed by atoms with Crippen LogP contribution >= 0.6 is 11.3 Å². The smallest absolute Gasteiger partial charge is 0.315 e. The molecule has 27 heavy (non-hydrogen) atoms. The van der Waals surface area contributed by atoms with Gasteiger partial charge in [0.05, 0.1) is 0 Å². The van der Waals surface area contributed by atoms with Gasteiger partial charge in [-0.2, -0.15) is 0 Å². The van der Waals surface area contributed by atoms with Crippen molar-refractivity contribution in [3.05, 3.63) is 35.2 Å². The molecule has 2 unspecified atom stereocenters. The Labute approximate surface area is 164 Å². The van der Waals surface area contributed by atoms with Gasteiger partial charge in [0.25, 0.3) is 0 Å². The molecule has 1 aromatic heterocycles. The summed E-state index contributed by atoms with van der Waals surface area (Å²) in [5, 5.41) is 12.4. The molecule has 0 aliphatic heterocycles. The molecule has 1 saturated carbocycles. The third-order valence-electron chi connectivity index (χ3n) is 5.05. The average molecular weight is 388 g/mol. The second-order valence-electron chi connectivity index (χ2n) is 7.63. The Morgan fingerprint density at radius 2 is 2.04 bits per heavy atom. The van der Waals surface area contributed by atoms with Crippen LogP contribution in [0.4, 0.5) is 4.79 Å². The molecule has 2 atom stereocenters. The van der Waals surface area contributed by atoms with Crippen LogP contribution in [0.2, 0.25) is 0 Å². The van der Waals surface area contributed by atoms with E-state index in [1.54, 1.807) is 11.3 Å². The van der Waals surface area contributed by atoms with Gasteiger partial charge in [0.1, 0.15) is 0 Å². The third-order valence-corrected chi connectivity index (χ3v) is 6.06. The number of benzene rings is 1. The number of nitrogens with one attached hydrogen (secondary N) is 3. The molecule has 1 aromatic carbocycles. The molecule has 0 bridgehead atoms. The maximum Gasteiger partial charge on any atom is 0.315 e. The Balaban J connectivity index is 1.43. The minimum Gasteiger partial charge on any atom is -0.354 e. The Morgan fingerprint density at radius 1 is 1.22 bits per heavy atom. The number of hydrogen-bond donors (Lipinski definition) is 3. The molecule has 0 spiro atoms. The summed E-state index contributed by atoms with van der Waals surface area (Å²) >= 11 is 1.74. The highest BCUT2D eigenvalue weighted by Gasteiger charge is 2.28. The standard InChI is InChI=1S/C21H29N3O2S/c1-14(2)23-20(25)15-6-5-7-17(12-15)24-21(26)22-11-10-16-13-27-19-9-4-3-8-18(16)19/h3-4,8-9,13-15,17H,5-7,10-12H2,1-2H3,(H,23,25)(H2,22,24,26). The number of fused-ring (bicyclic) bond motifs is 1. The first-order chi connectivity index (χ1) is 13.0. The zero-order valence-electron chi connectivity index (χ0n) is 16.1. The van der Waals surface area contributed by atoms with Gasteiger partial charge in [0, 0.05) is 29.2 Å². The van der Waals surface area contributed by atoms with Gasteiger partial charge in [-0.25, -0.2) is 4.79 Å². The summed E-state index contributed by atoms with van der Waals surface area (Å²) < 4.78 is 1.28. The van der Waals surface area contributed by atoms with Crippen LogP contribution in [0.15, 0.2) is 29.6 Å². The number of hydrogen-bond acceptors (Lipinski definition) is 3. The fourth-order valence-electron chi connectivity index (χ4n) is 3.73. The van der Waals surface area contributed by atoms with Crippen molar-refractivity contribution in [1.29, 1.82) is 0 Å². The third kappa shape index (κ3) is 5.45. The average Bonchev–Trinajstić information content (AvgIpc) is 3.05. The summed E-state index contributed by atoms with van der Waals surface area (Å²) in [7, 11) is 0. The molecule has 1 aliphatic rings. The highest BCUT2D eigenvalue weighted by Crippen LogP contribution is 2.26. The molecule has 6 heteroatoms. The Bertz CT molecular complexity index is 787. The zero-order valence-corrected chi connectivity index (χ0v) is 16.9. The number of thiophene rings is 1. The molecule has 0 radical (unpaired) electrons. The van der Waals surface area contributed by atoms with Gasteiger partial charge in [-0.3, -0.25) is 4.79 Å². The second-order valence-corrected chi connectivity index (χ2v) is 8.54. The first-order valence-electron chi connectivity index (χ1n) is 9.82. The molecule has 3 rings (SSSR count). The van der Waals surface area contributed by atoms with Crippen molar-refractivity contribution in [3.8, 4) is 0 Å². The van der Waals surface area contributed by atoms with Crippen LogP contribution in [-0.4, -0.2) is 30.6 Å². The first-order valence-corrected chi connectivity index (χ1v) is 10.7. The summed E-state index contributed by atoms with van der Waals surface area (Å²) in [6, 6.07) is 8.45. The van der Waals surface area contributed by atoms with E-state index < -0.39 is 0 Å². The number of rotatable bonds is 6. The molecule has 3 N–H and O–H groups in total. The zero-order chi connectivity index (χ0) is 19.2. The normalized spacial score (nSPS) is 19.8. The van der Waals surface area contributed by atoms with E-state index in [9.17, 15) is 9.59 Å². The molecular formula is C21H29N3O2S. The maximum absolute atomic E-state index is 12.2. The summed E-state index contributed by atoms with van der Waals surface area (Å²) in [6.07, 6.45) is 4.36. The largest absolute Gasteiger partial charge is 0.354 e. The number of carbonyl (C=O) groups excluding carboxylic acids is 2. The monoisotopic (exact) mass is 387 g/mol. The number of amides is 3. The minimum atomic E-state index is -0.135. The quantitative estimate of drug-likeness (QED) is 0.705. The van der Waals surface area contributed by atoms with Crippen molar-refractivity contribution in [2.24, 2.45) is 5.92 Å². The van der Waals surface area contributed by atoms with E-state index in [1.165, 1.54) is 15.6 Å². The fraction of sp³-hybridized carbons (Fsp3) is 0.524. The Hall–Kier alpha value is -2.08. The summed E-state index contributed by atoms with van der Waals surface area (Å²) in [4.78, 5) is 24.4. The maximum atomic E-state index is 12.2. The number of carbonyl (C=O) groups is 2. The lowest BCUT2D eigenvalue weighted by Crippen LogP contribution is -2.47. The predicted octanol–water partition coefficient (Wildman–Crippen LogP) is 3.83. The molecule has 2 aromatic rings. The predicted molar refractivity (Wildman–Crippen MR) is 111 cm³/mol. The van der Waals surface area contributed by atoms with Gasteiger partial charge in [-0.15, -0.1) is 11.3 Å². The van der Waals surface area contributed by atoms with E-state index in [4.69, 9.17) is 0 Å². The van der Waals surface area contributed by atoms with Gasteiger partial charge in [-0.1, -0.05) is 24.6 Å². The topological polar surface area (TPSA) is 70.2 Å². The van der Waals surface area contributed by atoms with Crippen LogP contribution in [0.5, 0.6) is 0 Å².